The topological polar surface area (TPSA) is 52.3 Å². The van der Waals surface area contributed by atoms with E-state index in [2.05, 4.69) is 0 Å². The fourth-order valence-electron chi connectivity index (χ4n) is 1.76. The number of benzene rings is 2. The van der Waals surface area contributed by atoms with Gasteiger partial charge in [0, 0.05) is 11.3 Å². The molecule has 0 aromatic heterocycles. The summed E-state index contributed by atoms with van der Waals surface area (Å²) < 4.78 is 17.6. The van der Waals surface area contributed by atoms with E-state index < -0.39 is 10.8 Å². The summed E-state index contributed by atoms with van der Waals surface area (Å²) >= 11 is 6.04. The van der Waals surface area contributed by atoms with Gasteiger partial charge in [0.2, 0.25) is 0 Å². The first-order valence-corrected chi connectivity index (χ1v) is 7.37. The Morgan fingerprint density at radius 1 is 1.26 bits per heavy atom. The van der Waals surface area contributed by atoms with Crippen LogP contribution >= 0.6 is 11.6 Å². The van der Waals surface area contributed by atoms with Crippen molar-refractivity contribution in [3.05, 3.63) is 53.1 Å². The van der Waals surface area contributed by atoms with E-state index in [1.165, 1.54) is 0 Å². The Labute approximate surface area is 119 Å². The van der Waals surface area contributed by atoms with Gasteiger partial charge in [0.05, 0.1) is 33.6 Å². The van der Waals surface area contributed by atoms with Crippen LogP contribution in [0.5, 0.6) is 5.75 Å². The average molecular weight is 296 g/mol. The van der Waals surface area contributed by atoms with E-state index in [9.17, 15) is 4.21 Å². The molecule has 0 spiro atoms. The maximum absolute atomic E-state index is 12.3. The highest BCUT2D eigenvalue weighted by molar-refractivity contribution is 7.84. The van der Waals surface area contributed by atoms with E-state index in [-0.39, 0.29) is 0 Å². The van der Waals surface area contributed by atoms with Crippen molar-refractivity contribution in [2.24, 2.45) is 0 Å². The lowest BCUT2D eigenvalue weighted by atomic mass is 10.2. The third-order valence-electron chi connectivity index (χ3n) is 2.67. The van der Waals surface area contributed by atoms with E-state index in [0.717, 1.165) is 5.56 Å². The zero-order chi connectivity index (χ0) is 13.8. The van der Waals surface area contributed by atoms with Crippen LogP contribution < -0.4 is 10.5 Å². The van der Waals surface area contributed by atoms with Crippen molar-refractivity contribution >= 4 is 28.1 Å². The molecule has 5 heteroatoms. The summed E-state index contributed by atoms with van der Waals surface area (Å²) in [6.07, 6.45) is 0. The van der Waals surface area contributed by atoms with E-state index >= 15 is 0 Å². The van der Waals surface area contributed by atoms with Crippen LogP contribution in [-0.4, -0.2) is 11.3 Å². The molecule has 0 bridgehead atoms. The lowest BCUT2D eigenvalue weighted by molar-refractivity contribution is 0.411. The van der Waals surface area contributed by atoms with Crippen molar-refractivity contribution < 1.29 is 8.95 Å². The Bertz CT molecular complexity index is 616. The summed E-state index contributed by atoms with van der Waals surface area (Å²) in [4.78, 5) is 0.619. The van der Waals surface area contributed by atoms with E-state index in [1.54, 1.807) is 37.4 Å². The van der Waals surface area contributed by atoms with Gasteiger partial charge in [0.15, 0.2) is 0 Å². The summed E-state index contributed by atoms with van der Waals surface area (Å²) in [6.45, 7) is 0. The number of anilines is 1. The molecule has 2 aromatic carbocycles. The van der Waals surface area contributed by atoms with Gasteiger partial charge in [-0.2, -0.15) is 0 Å². The van der Waals surface area contributed by atoms with Crippen LogP contribution in [0.1, 0.15) is 5.56 Å². The van der Waals surface area contributed by atoms with Crippen molar-refractivity contribution in [1.82, 2.24) is 0 Å². The number of hydrogen-bond donors (Lipinski definition) is 1. The predicted octanol–water partition coefficient (Wildman–Crippen LogP) is 3.24. The molecule has 2 aromatic rings. The highest BCUT2D eigenvalue weighted by Gasteiger charge is 2.12. The SMILES string of the molecule is COc1ccc(N)cc1CS(=O)c1ccccc1Cl. The molecule has 0 fully saturated rings. The Morgan fingerprint density at radius 3 is 2.68 bits per heavy atom. The maximum Gasteiger partial charge on any atom is 0.123 e. The fraction of sp³-hybridized carbons (Fsp3) is 0.143. The molecule has 0 saturated heterocycles. The highest BCUT2D eigenvalue weighted by Crippen LogP contribution is 2.26. The molecule has 0 aliphatic rings. The van der Waals surface area contributed by atoms with Crippen LogP contribution in [0.15, 0.2) is 47.4 Å². The fourth-order valence-corrected chi connectivity index (χ4v) is 3.33. The summed E-state index contributed by atoms with van der Waals surface area (Å²) in [5.74, 6) is 0.993. The summed E-state index contributed by atoms with van der Waals surface area (Å²) in [6, 6.07) is 12.4. The predicted molar refractivity (Wildman–Crippen MR) is 79.0 cm³/mol. The van der Waals surface area contributed by atoms with Gasteiger partial charge < -0.3 is 10.5 Å². The molecule has 0 heterocycles. The minimum Gasteiger partial charge on any atom is -0.496 e. The molecule has 2 rings (SSSR count). The van der Waals surface area contributed by atoms with Crippen LogP contribution in [0.2, 0.25) is 5.02 Å². The molecule has 3 nitrogen and oxygen atoms in total. The molecule has 1 atom stereocenters. The minimum atomic E-state index is -1.23. The monoisotopic (exact) mass is 295 g/mol. The normalized spacial score (nSPS) is 12.1. The summed E-state index contributed by atoms with van der Waals surface area (Å²) in [5.41, 5.74) is 7.17. The van der Waals surface area contributed by atoms with E-state index in [0.29, 0.717) is 27.1 Å². The van der Waals surface area contributed by atoms with Crippen LogP contribution in [0.4, 0.5) is 5.69 Å². The Kier molecular flexibility index (Phi) is 4.45. The lowest BCUT2D eigenvalue weighted by Gasteiger charge is -2.10. The van der Waals surface area contributed by atoms with Crippen LogP contribution in [0.25, 0.3) is 0 Å². The van der Waals surface area contributed by atoms with Crippen LogP contribution in [-0.2, 0) is 16.6 Å². The standard InChI is InChI=1S/C14H14ClNO2S/c1-18-13-7-6-11(16)8-10(13)9-19(17)14-5-3-2-4-12(14)15/h2-8H,9,16H2,1H3. The first-order valence-electron chi connectivity index (χ1n) is 5.67. The molecule has 2 N–H and O–H groups in total. The van der Waals surface area contributed by atoms with Crippen molar-refractivity contribution in [1.29, 1.82) is 0 Å². The van der Waals surface area contributed by atoms with Gasteiger partial charge in [-0.05, 0) is 30.3 Å². The molecule has 0 radical (unpaired) electrons. The van der Waals surface area contributed by atoms with Gasteiger partial charge >= 0.3 is 0 Å². The Hall–Kier alpha value is -1.52. The Morgan fingerprint density at radius 2 is 2.00 bits per heavy atom. The minimum absolute atomic E-state index is 0.317. The second-order valence-corrected chi connectivity index (χ2v) is 5.82. The number of methoxy groups -OCH3 is 1. The smallest absolute Gasteiger partial charge is 0.123 e. The van der Waals surface area contributed by atoms with E-state index in [1.807, 2.05) is 12.1 Å². The van der Waals surface area contributed by atoms with Gasteiger partial charge in [0.1, 0.15) is 5.75 Å². The zero-order valence-electron chi connectivity index (χ0n) is 10.4. The third-order valence-corrected chi connectivity index (χ3v) is 4.53. The molecule has 1 unspecified atom stereocenters. The number of rotatable bonds is 4. The van der Waals surface area contributed by atoms with Gasteiger partial charge in [0.25, 0.3) is 0 Å². The van der Waals surface area contributed by atoms with Gasteiger partial charge in [-0.1, -0.05) is 23.7 Å². The molecule has 0 aliphatic carbocycles. The lowest BCUT2D eigenvalue weighted by Crippen LogP contribution is -2.01. The maximum atomic E-state index is 12.3. The quantitative estimate of drug-likeness (QED) is 0.881. The molecule has 0 amide bonds. The number of hydrogen-bond acceptors (Lipinski definition) is 3. The molecule has 0 saturated carbocycles. The zero-order valence-corrected chi connectivity index (χ0v) is 12.0. The molecule has 19 heavy (non-hydrogen) atoms. The first-order chi connectivity index (χ1) is 9.11. The number of nitrogens with two attached hydrogens (primary N) is 1. The van der Waals surface area contributed by atoms with Crippen molar-refractivity contribution in [3.63, 3.8) is 0 Å². The average Bonchev–Trinajstić information content (AvgIpc) is 2.39. The van der Waals surface area contributed by atoms with Gasteiger partial charge in [-0.25, -0.2) is 0 Å². The van der Waals surface area contributed by atoms with Gasteiger partial charge in [-0.15, -0.1) is 0 Å². The highest BCUT2D eigenvalue weighted by atomic mass is 35.5. The van der Waals surface area contributed by atoms with E-state index in [4.69, 9.17) is 22.1 Å². The third kappa shape index (κ3) is 3.28. The largest absolute Gasteiger partial charge is 0.496 e. The van der Waals surface area contributed by atoms with Crippen LogP contribution in [0, 0.1) is 0 Å². The second kappa shape index (κ2) is 6.08. The molecule has 0 aliphatic heterocycles. The number of ether oxygens (including phenoxy) is 1. The van der Waals surface area contributed by atoms with Gasteiger partial charge in [-0.3, -0.25) is 4.21 Å². The van der Waals surface area contributed by atoms with Crippen LogP contribution in [0.3, 0.4) is 0 Å². The van der Waals surface area contributed by atoms with Crippen molar-refractivity contribution in [2.45, 2.75) is 10.6 Å². The number of nitrogen functional groups attached to an aromatic ring is 1. The second-order valence-electron chi connectivity index (χ2n) is 3.99. The Balaban J connectivity index is 2.29. The molecular formula is C14H14ClNO2S. The van der Waals surface area contributed by atoms with Crippen molar-refractivity contribution in [3.8, 4) is 5.75 Å². The first kappa shape index (κ1) is 13.9. The van der Waals surface area contributed by atoms with Crippen molar-refractivity contribution in [2.75, 3.05) is 12.8 Å². The molecular weight excluding hydrogens is 282 g/mol. The molecule has 100 valence electrons. The number of halogens is 1. The summed E-state index contributed by atoms with van der Waals surface area (Å²) in [5, 5.41) is 0.503. The summed E-state index contributed by atoms with van der Waals surface area (Å²) in [7, 11) is 0.343.